The normalized spacial score (nSPS) is 14.9. The van der Waals surface area contributed by atoms with Crippen LogP contribution in [0.4, 0.5) is 0 Å². The third-order valence-corrected chi connectivity index (χ3v) is 8.72. The Morgan fingerprint density at radius 3 is 1.63 bits per heavy atom. The standard InChI is InChI=1S/C15H34B2P2/c1-13(2)12-18(9)16-10-11-17-19(14(3,4)5)15(6,7)8/h13H,10-12H2,1-9H3. The van der Waals surface area contributed by atoms with E-state index in [1.807, 2.05) is 0 Å². The van der Waals surface area contributed by atoms with E-state index in [2.05, 4.69) is 76.1 Å². The minimum Gasteiger partial charge on any atom is -0.151 e. The maximum Gasteiger partial charge on any atom is 0.147 e. The first-order chi connectivity index (χ1) is 8.44. The van der Waals surface area contributed by atoms with Crippen LogP contribution in [0.3, 0.4) is 0 Å². The summed E-state index contributed by atoms with van der Waals surface area (Å²) in [6, 6.07) is 0. The summed E-state index contributed by atoms with van der Waals surface area (Å²) in [5.41, 5.74) is 0. The molecule has 0 aliphatic carbocycles. The van der Waals surface area contributed by atoms with Crippen molar-refractivity contribution < 1.29 is 0 Å². The second kappa shape index (κ2) is 8.44. The van der Waals surface area contributed by atoms with E-state index in [9.17, 15) is 0 Å². The Hall–Kier alpha value is 0.990. The molecule has 0 saturated carbocycles. The SMILES string of the molecule is CC(C)CP(C)[B]CC[B]P(C(C)(C)C)C(C)(C)C. The van der Waals surface area contributed by atoms with Gasteiger partial charge in [0.25, 0.3) is 0 Å². The van der Waals surface area contributed by atoms with Crippen LogP contribution in [0.1, 0.15) is 55.4 Å². The summed E-state index contributed by atoms with van der Waals surface area (Å²) in [5, 5.41) is 0.866. The molecule has 4 heteroatoms. The Morgan fingerprint density at radius 1 is 0.842 bits per heavy atom. The van der Waals surface area contributed by atoms with Gasteiger partial charge in [-0.1, -0.05) is 74.7 Å². The summed E-state index contributed by atoms with van der Waals surface area (Å²) in [5.74, 6) is 0.845. The first-order valence-electron chi connectivity index (χ1n) is 7.61. The van der Waals surface area contributed by atoms with Gasteiger partial charge in [-0.05, 0) is 22.4 Å². The molecule has 0 aliphatic heterocycles. The van der Waals surface area contributed by atoms with Crippen molar-refractivity contribution in [1.82, 2.24) is 0 Å². The molecule has 0 aromatic heterocycles. The average Bonchev–Trinajstić information content (AvgIpc) is 2.11. The molecule has 0 rings (SSSR count). The van der Waals surface area contributed by atoms with E-state index in [0.717, 1.165) is 5.92 Å². The lowest BCUT2D eigenvalue weighted by Gasteiger charge is -2.42. The largest absolute Gasteiger partial charge is 0.151 e. The molecule has 19 heavy (non-hydrogen) atoms. The van der Waals surface area contributed by atoms with Gasteiger partial charge in [0.1, 0.15) is 14.0 Å². The van der Waals surface area contributed by atoms with Crippen LogP contribution in [0.5, 0.6) is 0 Å². The third-order valence-electron chi connectivity index (χ3n) is 3.02. The third kappa shape index (κ3) is 9.52. The minimum atomic E-state index is -0.0281. The molecular weight excluding hydrogens is 264 g/mol. The summed E-state index contributed by atoms with van der Waals surface area (Å²) in [7, 11) is 0.127. The Morgan fingerprint density at radius 2 is 1.26 bits per heavy atom. The van der Waals surface area contributed by atoms with E-state index >= 15 is 0 Å². The lowest BCUT2D eigenvalue weighted by atomic mass is 9.88. The lowest BCUT2D eigenvalue weighted by molar-refractivity contribution is 0.718. The maximum absolute atomic E-state index is 2.64. The van der Waals surface area contributed by atoms with Gasteiger partial charge in [-0.15, -0.1) is 7.80 Å². The fourth-order valence-corrected chi connectivity index (χ4v) is 8.11. The van der Waals surface area contributed by atoms with Crippen LogP contribution in [0.25, 0.3) is 0 Å². The molecular formula is C15H34B2P2. The van der Waals surface area contributed by atoms with E-state index in [-0.39, 0.29) is 15.6 Å². The van der Waals surface area contributed by atoms with Gasteiger partial charge in [-0.3, -0.25) is 0 Å². The Bertz CT molecular complexity index is 228. The molecule has 0 aliphatic rings. The van der Waals surface area contributed by atoms with Crippen molar-refractivity contribution in [3.63, 3.8) is 0 Å². The summed E-state index contributed by atoms with van der Waals surface area (Å²) in [6.07, 6.45) is 3.94. The molecule has 0 aromatic rings. The quantitative estimate of drug-likeness (QED) is 0.311. The number of hydrogen-bond donors (Lipinski definition) is 0. The predicted octanol–water partition coefficient (Wildman–Crippen LogP) is 5.91. The topological polar surface area (TPSA) is 0 Å². The molecule has 0 spiro atoms. The van der Waals surface area contributed by atoms with E-state index < -0.39 is 0 Å². The van der Waals surface area contributed by atoms with Crippen LogP contribution in [0.2, 0.25) is 12.6 Å². The van der Waals surface area contributed by atoms with E-state index in [0.29, 0.717) is 10.3 Å². The highest BCUT2D eigenvalue weighted by Gasteiger charge is 2.33. The number of rotatable bonds is 7. The fourth-order valence-electron chi connectivity index (χ4n) is 2.70. The zero-order valence-electron chi connectivity index (χ0n) is 14.7. The van der Waals surface area contributed by atoms with Gasteiger partial charge >= 0.3 is 0 Å². The summed E-state index contributed by atoms with van der Waals surface area (Å²) in [6.45, 7) is 26.7. The molecule has 2 radical (unpaired) electrons. The van der Waals surface area contributed by atoms with Crippen molar-refractivity contribution in [2.24, 2.45) is 5.92 Å². The van der Waals surface area contributed by atoms with Gasteiger partial charge in [0.05, 0.1) is 0 Å². The van der Waals surface area contributed by atoms with Crippen molar-refractivity contribution in [3.8, 4) is 0 Å². The van der Waals surface area contributed by atoms with Crippen LogP contribution < -0.4 is 0 Å². The van der Waals surface area contributed by atoms with Crippen LogP contribution in [0.15, 0.2) is 0 Å². The molecule has 110 valence electrons. The van der Waals surface area contributed by atoms with Gasteiger partial charge in [-0.2, -0.15) is 7.80 Å². The molecule has 0 amide bonds. The van der Waals surface area contributed by atoms with Gasteiger partial charge in [0.2, 0.25) is 0 Å². The van der Waals surface area contributed by atoms with Crippen LogP contribution in [-0.4, -0.2) is 37.1 Å². The second-order valence-electron chi connectivity index (χ2n) is 7.99. The van der Waals surface area contributed by atoms with Crippen LogP contribution >= 0.6 is 15.6 Å². The molecule has 0 bridgehead atoms. The molecule has 1 unspecified atom stereocenters. The van der Waals surface area contributed by atoms with E-state index in [1.165, 1.54) is 18.8 Å². The van der Waals surface area contributed by atoms with Crippen molar-refractivity contribution in [1.29, 1.82) is 0 Å². The highest BCUT2D eigenvalue weighted by Crippen LogP contribution is 2.58. The number of hydrogen-bond acceptors (Lipinski definition) is 0. The second-order valence-corrected chi connectivity index (χ2v) is 14.0. The summed E-state index contributed by atoms with van der Waals surface area (Å²) < 4.78 is 0. The Kier molecular flexibility index (Phi) is 8.88. The summed E-state index contributed by atoms with van der Waals surface area (Å²) in [4.78, 5) is 0. The van der Waals surface area contributed by atoms with Gasteiger partial charge in [0, 0.05) is 0 Å². The van der Waals surface area contributed by atoms with Crippen molar-refractivity contribution >= 4 is 29.6 Å². The van der Waals surface area contributed by atoms with Crippen molar-refractivity contribution in [2.45, 2.75) is 78.3 Å². The van der Waals surface area contributed by atoms with Gasteiger partial charge in [-0.25, -0.2) is 0 Å². The van der Waals surface area contributed by atoms with Crippen molar-refractivity contribution in [3.05, 3.63) is 0 Å². The molecule has 1 atom stereocenters. The zero-order valence-corrected chi connectivity index (χ0v) is 16.5. The van der Waals surface area contributed by atoms with Gasteiger partial charge < -0.3 is 0 Å². The highest BCUT2D eigenvalue weighted by atomic mass is 31.1. The summed E-state index contributed by atoms with van der Waals surface area (Å²) >= 11 is 0. The first-order valence-corrected chi connectivity index (χ1v) is 11.1. The molecule has 0 aromatic carbocycles. The molecule has 0 N–H and O–H groups in total. The van der Waals surface area contributed by atoms with Crippen molar-refractivity contribution in [2.75, 3.05) is 12.8 Å². The molecule has 0 nitrogen and oxygen atoms in total. The molecule has 0 fully saturated rings. The van der Waals surface area contributed by atoms with Gasteiger partial charge in [0.15, 0.2) is 0 Å². The highest BCUT2D eigenvalue weighted by molar-refractivity contribution is 7.88. The Balaban J connectivity index is 4.09. The monoisotopic (exact) mass is 298 g/mol. The Labute approximate surface area is 127 Å². The van der Waals surface area contributed by atoms with Crippen LogP contribution in [0, 0.1) is 5.92 Å². The van der Waals surface area contributed by atoms with E-state index in [4.69, 9.17) is 0 Å². The maximum atomic E-state index is 2.64. The zero-order chi connectivity index (χ0) is 15.3. The molecule has 0 heterocycles. The molecule has 0 saturated heterocycles. The van der Waals surface area contributed by atoms with Crippen LogP contribution in [-0.2, 0) is 0 Å². The fraction of sp³-hybridized carbons (Fsp3) is 1.00. The smallest absolute Gasteiger partial charge is 0.147 e. The average molecular weight is 298 g/mol. The predicted molar refractivity (Wildman–Crippen MR) is 100 cm³/mol. The lowest BCUT2D eigenvalue weighted by Crippen LogP contribution is -2.27. The first kappa shape index (κ1) is 20.0. The van der Waals surface area contributed by atoms with E-state index in [1.54, 1.807) is 0 Å². The minimum absolute atomic E-state index is 0.0281.